The Morgan fingerprint density at radius 1 is 1.35 bits per heavy atom. The van der Waals surface area contributed by atoms with E-state index in [0.717, 1.165) is 16.8 Å². The van der Waals surface area contributed by atoms with Gasteiger partial charge in [-0.3, -0.25) is 0 Å². The summed E-state index contributed by atoms with van der Waals surface area (Å²) in [5, 5.41) is 20.9. The molecule has 5 nitrogen and oxygen atoms in total. The molecule has 0 aliphatic rings. The van der Waals surface area contributed by atoms with Crippen molar-refractivity contribution in [2.45, 2.75) is 13.3 Å². The van der Waals surface area contributed by atoms with Gasteiger partial charge in [-0.1, -0.05) is 0 Å². The highest BCUT2D eigenvalue weighted by molar-refractivity contribution is 5.71. The Hall–Kier alpha value is -1.46. The summed E-state index contributed by atoms with van der Waals surface area (Å²) in [6, 6.07) is 1.88. The Morgan fingerprint density at radius 3 is 2.59 bits per heavy atom. The molecule has 96 valence electrons. The molecule has 1 aromatic carbocycles. The maximum Gasteiger partial charge on any atom is 0.147 e. The van der Waals surface area contributed by atoms with E-state index in [0.29, 0.717) is 24.4 Å². The minimum Gasteiger partial charge on any atom is -0.494 e. The Kier molecular flexibility index (Phi) is 5.06. The second-order valence-corrected chi connectivity index (χ2v) is 3.79. The molecular formula is C12H20N2O3. The lowest BCUT2D eigenvalue weighted by Gasteiger charge is -2.18. The molecule has 0 aromatic heterocycles. The van der Waals surface area contributed by atoms with Crippen LogP contribution in [-0.2, 0) is 6.42 Å². The predicted molar refractivity (Wildman–Crippen MR) is 68.5 cm³/mol. The number of hydrogen-bond acceptors (Lipinski definition) is 5. The molecule has 5 N–H and O–H groups in total. The van der Waals surface area contributed by atoms with Gasteiger partial charge in [0.25, 0.3) is 0 Å². The first-order valence-electron chi connectivity index (χ1n) is 5.57. The van der Waals surface area contributed by atoms with E-state index in [2.05, 4.69) is 5.32 Å². The molecule has 0 aliphatic carbocycles. The van der Waals surface area contributed by atoms with Crippen LogP contribution in [0.4, 0.5) is 11.4 Å². The molecule has 0 bridgehead atoms. The van der Waals surface area contributed by atoms with Crippen LogP contribution in [0.3, 0.4) is 0 Å². The van der Waals surface area contributed by atoms with Crippen LogP contribution in [0.25, 0.3) is 0 Å². The molecule has 1 rings (SSSR count). The molecule has 0 unspecified atom stereocenters. The van der Waals surface area contributed by atoms with Crippen LogP contribution in [0.5, 0.6) is 5.75 Å². The fourth-order valence-corrected chi connectivity index (χ4v) is 1.80. The average Bonchev–Trinajstić information content (AvgIpc) is 2.33. The summed E-state index contributed by atoms with van der Waals surface area (Å²) in [4.78, 5) is 0. The van der Waals surface area contributed by atoms with E-state index < -0.39 is 0 Å². The third-order valence-corrected chi connectivity index (χ3v) is 2.62. The molecule has 0 aliphatic heterocycles. The van der Waals surface area contributed by atoms with Gasteiger partial charge in [-0.05, 0) is 18.6 Å². The maximum atomic E-state index is 9.05. The number of anilines is 2. The largest absolute Gasteiger partial charge is 0.494 e. The number of ether oxygens (including phenoxy) is 1. The van der Waals surface area contributed by atoms with Crippen molar-refractivity contribution >= 4 is 11.4 Å². The number of rotatable bonds is 6. The van der Waals surface area contributed by atoms with E-state index in [1.807, 2.05) is 13.0 Å². The zero-order valence-electron chi connectivity index (χ0n) is 10.3. The van der Waals surface area contributed by atoms with Crippen LogP contribution in [0.1, 0.15) is 11.1 Å². The van der Waals surface area contributed by atoms with Crippen LogP contribution in [0, 0.1) is 6.92 Å². The Balaban J connectivity index is 3.20. The number of methoxy groups -OCH3 is 1. The van der Waals surface area contributed by atoms with Crippen LogP contribution < -0.4 is 15.8 Å². The summed E-state index contributed by atoms with van der Waals surface area (Å²) in [6.45, 7) is 2.41. The number of nitrogens with one attached hydrogen (secondary N) is 1. The Labute approximate surface area is 101 Å². The monoisotopic (exact) mass is 240 g/mol. The number of benzene rings is 1. The van der Waals surface area contributed by atoms with Gasteiger partial charge in [0.1, 0.15) is 5.75 Å². The number of aryl methyl sites for hydroxylation is 1. The quantitative estimate of drug-likeness (QED) is 0.545. The topological polar surface area (TPSA) is 87.7 Å². The van der Waals surface area contributed by atoms with Crippen molar-refractivity contribution in [3.05, 3.63) is 17.2 Å². The molecule has 0 saturated carbocycles. The van der Waals surface area contributed by atoms with Crippen molar-refractivity contribution in [1.29, 1.82) is 0 Å². The van der Waals surface area contributed by atoms with Crippen LogP contribution in [0.2, 0.25) is 0 Å². The van der Waals surface area contributed by atoms with Crippen molar-refractivity contribution in [1.82, 2.24) is 0 Å². The van der Waals surface area contributed by atoms with Gasteiger partial charge in [0.15, 0.2) is 0 Å². The summed E-state index contributed by atoms with van der Waals surface area (Å²) in [7, 11) is 1.56. The first kappa shape index (κ1) is 13.6. The van der Waals surface area contributed by atoms with Crippen LogP contribution in [-0.4, -0.2) is 37.1 Å². The maximum absolute atomic E-state index is 9.05. The lowest BCUT2D eigenvalue weighted by atomic mass is 10.0. The van der Waals surface area contributed by atoms with Gasteiger partial charge in [-0.25, -0.2) is 0 Å². The van der Waals surface area contributed by atoms with Gasteiger partial charge in [-0.15, -0.1) is 0 Å². The summed E-state index contributed by atoms with van der Waals surface area (Å²) in [5.74, 6) is 0.635. The standard InChI is InChI=1S/C12H20N2O3/c1-8-7-10(14-4-6-16)12(17-2)9(3-5-15)11(8)13/h7,14-16H,3-6,13H2,1-2H3. The van der Waals surface area contributed by atoms with Crippen molar-refractivity contribution < 1.29 is 14.9 Å². The SMILES string of the molecule is COc1c(NCCO)cc(C)c(N)c1CCO. The van der Waals surface area contributed by atoms with E-state index in [4.69, 9.17) is 20.7 Å². The first-order chi connectivity index (χ1) is 8.15. The number of aliphatic hydroxyl groups is 2. The van der Waals surface area contributed by atoms with Gasteiger partial charge in [0.05, 0.1) is 19.4 Å². The predicted octanol–water partition coefficient (Wildman–Crippen LogP) is 0.525. The molecule has 0 amide bonds. The molecule has 0 atom stereocenters. The van der Waals surface area contributed by atoms with Gasteiger partial charge < -0.3 is 26.0 Å². The second kappa shape index (κ2) is 6.32. The van der Waals surface area contributed by atoms with Crippen molar-refractivity contribution in [2.24, 2.45) is 0 Å². The lowest BCUT2D eigenvalue weighted by Crippen LogP contribution is -2.10. The lowest BCUT2D eigenvalue weighted by molar-refractivity contribution is 0.297. The van der Waals surface area contributed by atoms with Gasteiger partial charge in [-0.2, -0.15) is 0 Å². The number of hydrogen-bond donors (Lipinski definition) is 4. The van der Waals surface area contributed by atoms with Crippen LogP contribution >= 0.6 is 0 Å². The fourth-order valence-electron chi connectivity index (χ4n) is 1.80. The van der Waals surface area contributed by atoms with E-state index in [1.54, 1.807) is 7.11 Å². The molecular weight excluding hydrogens is 220 g/mol. The minimum atomic E-state index is 0.0173. The van der Waals surface area contributed by atoms with E-state index in [-0.39, 0.29) is 13.2 Å². The summed E-state index contributed by atoms with van der Waals surface area (Å²) < 4.78 is 5.33. The zero-order chi connectivity index (χ0) is 12.8. The first-order valence-corrected chi connectivity index (χ1v) is 5.57. The summed E-state index contributed by atoms with van der Waals surface area (Å²) in [6.07, 6.45) is 0.449. The number of nitrogen functional groups attached to an aromatic ring is 1. The highest BCUT2D eigenvalue weighted by Gasteiger charge is 2.14. The number of aliphatic hydroxyl groups excluding tert-OH is 2. The Morgan fingerprint density at radius 2 is 2.06 bits per heavy atom. The van der Waals surface area contributed by atoms with E-state index in [1.165, 1.54) is 0 Å². The second-order valence-electron chi connectivity index (χ2n) is 3.79. The third kappa shape index (κ3) is 3.01. The smallest absolute Gasteiger partial charge is 0.147 e. The minimum absolute atomic E-state index is 0.0173. The molecule has 5 heteroatoms. The summed E-state index contributed by atoms with van der Waals surface area (Å²) >= 11 is 0. The summed E-state index contributed by atoms with van der Waals surface area (Å²) in [5.41, 5.74) is 9.13. The van der Waals surface area contributed by atoms with Gasteiger partial charge >= 0.3 is 0 Å². The highest BCUT2D eigenvalue weighted by Crippen LogP contribution is 2.35. The molecule has 1 aromatic rings. The molecule has 17 heavy (non-hydrogen) atoms. The zero-order valence-corrected chi connectivity index (χ0v) is 10.3. The van der Waals surface area contributed by atoms with E-state index >= 15 is 0 Å². The third-order valence-electron chi connectivity index (χ3n) is 2.62. The van der Waals surface area contributed by atoms with Crippen molar-refractivity contribution in [3.8, 4) is 5.75 Å². The van der Waals surface area contributed by atoms with Crippen LogP contribution in [0.15, 0.2) is 6.07 Å². The molecule has 0 saturated heterocycles. The highest BCUT2D eigenvalue weighted by atomic mass is 16.5. The van der Waals surface area contributed by atoms with Crippen molar-refractivity contribution in [3.63, 3.8) is 0 Å². The molecule has 0 fully saturated rings. The van der Waals surface area contributed by atoms with Gasteiger partial charge in [0, 0.05) is 30.8 Å². The average molecular weight is 240 g/mol. The van der Waals surface area contributed by atoms with Gasteiger partial charge in [0.2, 0.25) is 0 Å². The molecule has 0 heterocycles. The molecule has 0 radical (unpaired) electrons. The van der Waals surface area contributed by atoms with E-state index in [9.17, 15) is 0 Å². The van der Waals surface area contributed by atoms with Crippen molar-refractivity contribution in [2.75, 3.05) is 37.9 Å². The Bertz CT molecular complexity index is 381. The molecule has 0 spiro atoms. The number of nitrogens with two attached hydrogens (primary N) is 1. The normalized spacial score (nSPS) is 10.4. The fraction of sp³-hybridized carbons (Fsp3) is 0.500.